The summed E-state index contributed by atoms with van der Waals surface area (Å²) in [4.78, 5) is 35.8. The highest BCUT2D eigenvalue weighted by Gasteiger charge is 2.10. The van der Waals surface area contributed by atoms with Crippen LogP contribution in [0, 0.1) is 0 Å². The maximum absolute atomic E-state index is 11.8. The number of benzene rings is 1. The van der Waals surface area contributed by atoms with Gasteiger partial charge in [-0.3, -0.25) is 14.4 Å². The lowest BCUT2D eigenvalue weighted by Gasteiger charge is -2.07. The first kappa shape index (κ1) is 16.7. The average molecular weight is 332 g/mol. The molecule has 1 aromatic carbocycles. The third-order valence-corrected chi connectivity index (χ3v) is 3.77. The van der Waals surface area contributed by atoms with Crippen LogP contribution in [0.4, 0.5) is 5.69 Å². The first-order valence-electron chi connectivity index (χ1n) is 6.88. The van der Waals surface area contributed by atoms with E-state index in [4.69, 9.17) is 4.74 Å². The molecular formula is C16H16N2O4S. The molecule has 6 nitrogen and oxygen atoms in total. The lowest BCUT2D eigenvalue weighted by Crippen LogP contribution is -2.22. The molecule has 0 spiro atoms. The van der Waals surface area contributed by atoms with Gasteiger partial charge in [-0.05, 0) is 29.6 Å². The van der Waals surface area contributed by atoms with Crippen LogP contribution >= 0.6 is 11.3 Å². The van der Waals surface area contributed by atoms with Gasteiger partial charge in [0.1, 0.15) is 0 Å². The molecule has 0 fully saturated rings. The molecule has 0 bridgehead atoms. The van der Waals surface area contributed by atoms with Crippen LogP contribution in [0.1, 0.15) is 15.2 Å². The second kappa shape index (κ2) is 8.09. The van der Waals surface area contributed by atoms with Crippen LogP contribution in [0.2, 0.25) is 0 Å². The number of hydrogen-bond donors (Lipinski definition) is 2. The van der Waals surface area contributed by atoms with Gasteiger partial charge in [0.25, 0.3) is 11.8 Å². The predicted molar refractivity (Wildman–Crippen MR) is 87.4 cm³/mol. The van der Waals surface area contributed by atoms with Crippen molar-refractivity contribution in [2.24, 2.45) is 0 Å². The number of amides is 2. The van der Waals surface area contributed by atoms with E-state index in [-0.39, 0.29) is 18.9 Å². The van der Waals surface area contributed by atoms with Crippen LogP contribution < -0.4 is 10.6 Å². The van der Waals surface area contributed by atoms with Crippen LogP contribution in [0.15, 0.2) is 41.8 Å². The summed E-state index contributed by atoms with van der Waals surface area (Å²) in [6, 6.07) is 10.2. The number of nitrogens with one attached hydrogen (secondary N) is 2. The Bertz CT molecular complexity index is 698. The maximum Gasteiger partial charge on any atom is 0.311 e. The van der Waals surface area contributed by atoms with E-state index in [2.05, 4.69) is 10.6 Å². The molecule has 0 unspecified atom stereocenters. The smallest absolute Gasteiger partial charge is 0.311 e. The van der Waals surface area contributed by atoms with Crippen LogP contribution in [-0.2, 0) is 20.7 Å². The van der Waals surface area contributed by atoms with E-state index in [1.54, 1.807) is 24.3 Å². The average Bonchev–Trinajstić information content (AvgIpc) is 3.05. The molecule has 2 N–H and O–H groups in total. The van der Waals surface area contributed by atoms with Gasteiger partial charge in [-0.15, -0.1) is 11.3 Å². The third-order valence-electron chi connectivity index (χ3n) is 2.90. The van der Waals surface area contributed by atoms with E-state index in [0.717, 1.165) is 4.88 Å². The van der Waals surface area contributed by atoms with Crippen LogP contribution in [0.5, 0.6) is 0 Å². The van der Waals surface area contributed by atoms with Gasteiger partial charge in [0, 0.05) is 23.2 Å². The van der Waals surface area contributed by atoms with Crippen molar-refractivity contribution in [1.82, 2.24) is 5.32 Å². The molecule has 2 aromatic rings. The molecule has 1 aromatic heterocycles. The fourth-order valence-corrected chi connectivity index (χ4v) is 2.52. The first-order chi connectivity index (χ1) is 11.1. The fourth-order valence-electron chi connectivity index (χ4n) is 1.83. The Morgan fingerprint density at radius 1 is 1.17 bits per heavy atom. The number of hydrogen-bond acceptors (Lipinski definition) is 5. The summed E-state index contributed by atoms with van der Waals surface area (Å²) in [5.41, 5.74) is 0.894. The highest BCUT2D eigenvalue weighted by molar-refractivity contribution is 7.10. The van der Waals surface area contributed by atoms with Gasteiger partial charge in [-0.1, -0.05) is 12.1 Å². The minimum Gasteiger partial charge on any atom is -0.455 e. The molecule has 0 saturated carbocycles. The zero-order chi connectivity index (χ0) is 16.7. The number of thiophene rings is 1. The molecule has 0 aliphatic heterocycles. The van der Waals surface area contributed by atoms with Gasteiger partial charge < -0.3 is 15.4 Å². The zero-order valence-electron chi connectivity index (χ0n) is 12.5. The highest BCUT2D eigenvalue weighted by atomic mass is 32.1. The predicted octanol–water partition coefficient (Wildman–Crippen LogP) is 1.83. The lowest BCUT2D eigenvalue weighted by molar-refractivity contribution is -0.146. The Balaban J connectivity index is 1.82. The molecule has 0 radical (unpaired) electrons. The summed E-state index contributed by atoms with van der Waals surface area (Å²) in [6.07, 6.45) is 0.150. The Hall–Kier alpha value is -2.67. The molecule has 0 saturated heterocycles. The van der Waals surface area contributed by atoms with Crippen LogP contribution in [-0.4, -0.2) is 31.4 Å². The molecule has 0 atom stereocenters. The van der Waals surface area contributed by atoms with Gasteiger partial charge in [0.05, 0.1) is 6.42 Å². The molecule has 23 heavy (non-hydrogen) atoms. The number of rotatable bonds is 6. The highest BCUT2D eigenvalue weighted by Crippen LogP contribution is 2.11. The van der Waals surface area contributed by atoms with E-state index in [0.29, 0.717) is 11.3 Å². The van der Waals surface area contributed by atoms with Gasteiger partial charge in [-0.2, -0.15) is 0 Å². The molecule has 0 aliphatic rings. The van der Waals surface area contributed by atoms with Crippen molar-refractivity contribution in [2.75, 3.05) is 19.0 Å². The normalized spacial score (nSPS) is 9.96. The van der Waals surface area contributed by atoms with Crippen molar-refractivity contribution < 1.29 is 19.1 Å². The van der Waals surface area contributed by atoms with Crippen molar-refractivity contribution in [2.45, 2.75) is 6.42 Å². The molecule has 120 valence electrons. The summed E-state index contributed by atoms with van der Waals surface area (Å²) < 4.78 is 4.92. The Labute approximate surface area is 137 Å². The van der Waals surface area contributed by atoms with E-state index in [9.17, 15) is 14.4 Å². The second-order valence-electron chi connectivity index (χ2n) is 4.62. The first-order valence-corrected chi connectivity index (χ1v) is 7.76. The summed E-state index contributed by atoms with van der Waals surface area (Å²) in [6.45, 7) is -0.367. The van der Waals surface area contributed by atoms with E-state index >= 15 is 0 Å². The van der Waals surface area contributed by atoms with Crippen molar-refractivity contribution in [3.63, 3.8) is 0 Å². The number of esters is 1. The summed E-state index contributed by atoms with van der Waals surface area (Å²) in [5, 5.41) is 6.95. The standard InChI is InChI=1S/C16H16N2O4S/c1-17-16(21)11-4-2-5-12(8-11)18-14(19)10-22-15(20)9-13-6-3-7-23-13/h2-8H,9-10H2,1H3,(H,17,21)(H,18,19). The monoisotopic (exact) mass is 332 g/mol. The minimum absolute atomic E-state index is 0.150. The number of ether oxygens (including phenoxy) is 1. The van der Waals surface area contributed by atoms with Crippen molar-refractivity contribution in [3.05, 3.63) is 52.2 Å². The maximum atomic E-state index is 11.8. The molecule has 2 rings (SSSR count). The molecular weight excluding hydrogens is 316 g/mol. The van der Waals surface area contributed by atoms with Crippen LogP contribution in [0.25, 0.3) is 0 Å². The van der Waals surface area contributed by atoms with Crippen molar-refractivity contribution in [3.8, 4) is 0 Å². The number of carbonyl (C=O) groups is 3. The van der Waals surface area contributed by atoms with E-state index in [1.807, 2.05) is 17.5 Å². The summed E-state index contributed by atoms with van der Waals surface area (Å²) in [7, 11) is 1.53. The fraction of sp³-hybridized carbons (Fsp3) is 0.188. The Kier molecular flexibility index (Phi) is 5.87. The molecule has 1 heterocycles. The van der Waals surface area contributed by atoms with Gasteiger partial charge in [0.15, 0.2) is 6.61 Å². The van der Waals surface area contributed by atoms with Crippen molar-refractivity contribution >= 4 is 34.8 Å². The third kappa shape index (κ3) is 5.23. The quantitative estimate of drug-likeness (QED) is 0.791. The SMILES string of the molecule is CNC(=O)c1cccc(NC(=O)COC(=O)Cc2cccs2)c1. The van der Waals surface area contributed by atoms with Gasteiger partial charge in [0.2, 0.25) is 0 Å². The van der Waals surface area contributed by atoms with Crippen LogP contribution in [0.3, 0.4) is 0 Å². The van der Waals surface area contributed by atoms with Gasteiger partial charge >= 0.3 is 5.97 Å². The van der Waals surface area contributed by atoms with Gasteiger partial charge in [-0.25, -0.2) is 0 Å². The second-order valence-corrected chi connectivity index (χ2v) is 5.66. The molecule has 0 aliphatic carbocycles. The number of anilines is 1. The Morgan fingerprint density at radius 2 is 2.00 bits per heavy atom. The lowest BCUT2D eigenvalue weighted by atomic mass is 10.2. The minimum atomic E-state index is -0.460. The summed E-state index contributed by atoms with van der Waals surface area (Å²) in [5.74, 6) is -1.16. The largest absolute Gasteiger partial charge is 0.455 e. The van der Waals surface area contributed by atoms with Crippen molar-refractivity contribution in [1.29, 1.82) is 0 Å². The zero-order valence-corrected chi connectivity index (χ0v) is 13.3. The number of carbonyl (C=O) groups excluding carboxylic acids is 3. The molecule has 7 heteroatoms. The van der Waals surface area contributed by atoms with E-state index < -0.39 is 11.9 Å². The van der Waals surface area contributed by atoms with E-state index in [1.165, 1.54) is 18.4 Å². The molecule has 2 amide bonds. The Morgan fingerprint density at radius 3 is 2.70 bits per heavy atom. The summed E-state index contributed by atoms with van der Waals surface area (Å²) >= 11 is 1.46. The topological polar surface area (TPSA) is 84.5 Å².